The lowest BCUT2D eigenvalue weighted by Crippen LogP contribution is -2.68. The van der Waals surface area contributed by atoms with Gasteiger partial charge in [0.05, 0.1) is 12.3 Å². The molecule has 5 N–H and O–H groups in total. The van der Waals surface area contributed by atoms with Gasteiger partial charge in [0, 0.05) is 44.4 Å². The van der Waals surface area contributed by atoms with Crippen LogP contribution in [-0.4, -0.2) is 70.1 Å². The van der Waals surface area contributed by atoms with Crippen LogP contribution in [0.4, 0.5) is 0 Å². The van der Waals surface area contributed by atoms with Crippen LogP contribution in [0.5, 0.6) is 0 Å². The molecule has 3 saturated heterocycles. The first-order valence-electron chi connectivity index (χ1n) is 13.3. The van der Waals surface area contributed by atoms with E-state index >= 15 is 0 Å². The number of nitrogens with one attached hydrogen (secondary N) is 5. The molecule has 4 fully saturated rings. The molecule has 1 saturated carbocycles. The Morgan fingerprint density at radius 3 is 2.88 bits per heavy atom. The average molecular weight is 448 g/mol. The second-order valence-electron chi connectivity index (χ2n) is 10.8. The topological polar surface area (TPSA) is 78.6 Å². The molecule has 1 aliphatic carbocycles. The van der Waals surface area contributed by atoms with Gasteiger partial charge in [0.2, 0.25) is 0 Å². The molecule has 5 aliphatic rings. The lowest BCUT2D eigenvalue weighted by atomic mass is 9.72. The fourth-order valence-corrected chi connectivity index (χ4v) is 6.67. The van der Waals surface area contributed by atoms with Crippen molar-refractivity contribution in [3.8, 4) is 0 Å². The van der Waals surface area contributed by atoms with Gasteiger partial charge in [0.25, 0.3) is 0 Å². The van der Waals surface area contributed by atoms with Crippen molar-refractivity contribution in [1.29, 1.82) is 0 Å². The molecule has 182 valence electrons. The lowest BCUT2D eigenvalue weighted by Gasteiger charge is -2.43. The van der Waals surface area contributed by atoms with Crippen molar-refractivity contribution < 1.29 is 9.47 Å². The summed E-state index contributed by atoms with van der Waals surface area (Å²) in [6, 6.07) is 1.03. The normalized spacial score (nSPS) is 41.7. The molecule has 7 heteroatoms. The van der Waals surface area contributed by atoms with E-state index < -0.39 is 0 Å². The third-order valence-electron chi connectivity index (χ3n) is 8.39. The summed E-state index contributed by atoms with van der Waals surface area (Å²) in [4.78, 5) is 0. The maximum Gasteiger partial charge on any atom is 0.113 e. The van der Waals surface area contributed by atoms with Gasteiger partial charge in [-0.05, 0) is 83.2 Å². The van der Waals surface area contributed by atoms with Crippen LogP contribution in [0.15, 0.2) is 11.6 Å². The van der Waals surface area contributed by atoms with E-state index in [0.717, 1.165) is 51.8 Å². The molecule has 0 amide bonds. The van der Waals surface area contributed by atoms with Crippen LogP contribution in [0.25, 0.3) is 0 Å². The molecule has 0 spiro atoms. The standard InChI is InChI=1S/C25H45N5O2/c1-17-13-23(27-16-18-5-10-31-11-6-18)30-25(28-17)29-21-14-20-7-12-32-24(20)22(15-21)19-3-2-8-26-9-4-19/h4,17-18,20-30H,2-3,5-16H2,1H3. The van der Waals surface area contributed by atoms with Crippen LogP contribution in [0.3, 0.4) is 0 Å². The smallest absolute Gasteiger partial charge is 0.113 e. The van der Waals surface area contributed by atoms with Gasteiger partial charge < -0.3 is 20.1 Å². The summed E-state index contributed by atoms with van der Waals surface area (Å²) in [5.74, 6) is 2.03. The summed E-state index contributed by atoms with van der Waals surface area (Å²) >= 11 is 0. The molecule has 0 radical (unpaired) electrons. The molecule has 7 unspecified atom stereocenters. The van der Waals surface area contributed by atoms with Crippen molar-refractivity contribution in [1.82, 2.24) is 26.6 Å². The molecule has 0 bridgehead atoms. The Labute approximate surface area is 194 Å². The highest BCUT2D eigenvalue weighted by molar-refractivity contribution is 5.15. The number of rotatable bonds is 6. The van der Waals surface area contributed by atoms with Gasteiger partial charge in [-0.1, -0.05) is 11.6 Å². The van der Waals surface area contributed by atoms with E-state index in [4.69, 9.17) is 9.47 Å². The minimum Gasteiger partial charge on any atom is -0.381 e. The van der Waals surface area contributed by atoms with Crippen LogP contribution >= 0.6 is 0 Å². The predicted octanol–water partition coefficient (Wildman–Crippen LogP) is 1.67. The zero-order valence-electron chi connectivity index (χ0n) is 19.9. The summed E-state index contributed by atoms with van der Waals surface area (Å²) in [6.07, 6.45) is 13.1. The number of hydrogen-bond acceptors (Lipinski definition) is 7. The highest BCUT2D eigenvalue weighted by Crippen LogP contribution is 2.42. The monoisotopic (exact) mass is 447 g/mol. The molecule has 0 aromatic carbocycles. The van der Waals surface area contributed by atoms with E-state index in [0.29, 0.717) is 36.2 Å². The van der Waals surface area contributed by atoms with Gasteiger partial charge >= 0.3 is 0 Å². The van der Waals surface area contributed by atoms with E-state index in [1.54, 1.807) is 5.57 Å². The fourth-order valence-electron chi connectivity index (χ4n) is 6.67. The highest BCUT2D eigenvalue weighted by atomic mass is 16.5. The Morgan fingerprint density at radius 2 is 1.97 bits per heavy atom. The van der Waals surface area contributed by atoms with Crippen molar-refractivity contribution in [2.45, 2.75) is 88.9 Å². The van der Waals surface area contributed by atoms with E-state index in [1.165, 1.54) is 44.9 Å². The largest absolute Gasteiger partial charge is 0.381 e. The summed E-state index contributed by atoms with van der Waals surface area (Å²) in [5, 5.41) is 18.9. The second kappa shape index (κ2) is 11.3. The van der Waals surface area contributed by atoms with Crippen LogP contribution in [0.2, 0.25) is 0 Å². The van der Waals surface area contributed by atoms with Crippen LogP contribution < -0.4 is 26.6 Å². The third kappa shape index (κ3) is 5.93. The van der Waals surface area contributed by atoms with E-state index in [2.05, 4.69) is 39.6 Å². The average Bonchev–Trinajstić information content (AvgIpc) is 3.10. The van der Waals surface area contributed by atoms with Gasteiger partial charge in [-0.15, -0.1) is 0 Å². The van der Waals surface area contributed by atoms with Gasteiger partial charge in [0.15, 0.2) is 0 Å². The van der Waals surface area contributed by atoms with Crippen molar-refractivity contribution in [3.63, 3.8) is 0 Å². The Balaban J connectivity index is 1.17. The molecule has 5 rings (SSSR count). The van der Waals surface area contributed by atoms with E-state index in [-0.39, 0.29) is 6.29 Å². The van der Waals surface area contributed by atoms with Crippen LogP contribution in [0, 0.1) is 17.8 Å². The van der Waals surface area contributed by atoms with Crippen molar-refractivity contribution in [2.75, 3.05) is 39.5 Å². The first-order valence-corrected chi connectivity index (χ1v) is 13.3. The third-order valence-corrected chi connectivity index (χ3v) is 8.39. The first-order chi connectivity index (χ1) is 15.7. The summed E-state index contributed by atoms with van der Waals surface area (Å²) in [5.41, 5.74) is 1.65. The van der Waals surface area contributed by atoms with E-state index in [1.807, 2.05) is 0 Å². The number of ether oxygens (including phenoxy) is 2. The maximum absolute atomic E-state index is 6.29. The second-order valence-corrected chi connectivity index (χ2v) is 10.8. The van der Waals surface area contributed by atoms with E-state index in [9.17, 15) is 0 Å². The zero-order valence-corrected chi connectivity index (χ0v) is 19.9. The molecule has 32 heavy (non-hydrogen) atoms. The molecule has 0 aromatic rings. The predicted molar refractivity (Wildman–Crippen MR) is 127 cm³/mol. The lowest BCUT2D eigenvalue weighted by molar-refractivity contribution is 0.0174. The SMILES string of the molecule is CC1CC(NCC2CCOCC2)NC(NC2CC3CCOC3C(C3=CCNCCC3)C2)N1. The molecular weight excluding hydrogens is 402 g/mol. The van der Waals surface area contributed by atoms with Crippen LogP contribution in [-0.2, 0) is 9.47 Å². The Hall–Kier alpha value is -0.540. The Kier molecular flexibility index (Phi) is 8.17. The number of fused-ring (bicyclic) bond motifs is 1. The Morgan fingerprint density at radius 1 is 1.06 bits per heavy atom. The number of hydrogen-bond donors (Lipinski definition) is 5. The van der Waals surface area contributed by atoms with Crippen molar-refractivity contribution >= 4 is 0 Å². The minimum absolute atomic E-state index is 0.167. The molecular formula is C25H45N5O2. The van der Waals surface area contributed by atoms with Gasteiger partial charge in [-0.25, -0.2) is 0 Å². The van der Waals surface area contributed by atoms with Gasteiger partial charge in [-0.3, -0.25) is 16.0 Å². The fraction of sp³-hybridized carbons (Fsp3) is 0.920. The maximum atomic E-state index is 6.29. The first kappa shape index (κ1) is 23.2. The zero-order chi connectivity index (χ0) is 21.8. The quantitative estimate of drug-likeness (QED) is 0.397. The van der Waals surface area contributed by atoms with Crippen molar-refractivity contribution in [3.05, 3.63) is 11.6 Å². The highest BCUT2D eigenvalue weighted by Gasteiger charge is 2.43. The molecule has 7 nitrogen and oxygen atoms in total. The molecule has 7 atom stereocenters. The molecule has 4 heterocycles. The van der Waals surface area contributed by atoms with Crippen molar-refractivity contribution in [2.24, 2.45) is 17.8 Å². The molecule has 0 aromatic heterocycles. The summed E-state index contributed by atoms with van der Waals surface area (Å²) < 4.78 is 11.8. The Bertz CT molecular complexity index is 625. The summed E-state index contributed by atoms with van der Waals surface area (Å²) in [7, 11) is 0. The van der Waals surface area contributed by atoms with Gasteiger partial charge in [-0.2, -0.15) is 0 Å². The van der Waals surface area contributed by atoms with Crippen LogP contribution in [0.1, 0.15) is 58.3 Å². The summed E-state index contributed by atoms with van der Waals surface area (Å²) in [6.45, 7) is 8.35. The van der Waals surface area contributed by atoms with Gasteiger partial charge in [0.1, 0.15) is 6.29 Å². The minimum atomic E-state index is 0.167. The molecule has 4 aliphatic heterocycles.